The van der Waals surface area contributed by atoms with Gasteiger partial charge in [-0.25, -0.2) is 13.6 Å². The lowest BCUT2D eigenvalue weighted by atomic mass is 9.63. The molecule has 3 atom stereocenters. The molecule has 4 rings (SSSR count). The van der Waals surface area contributed by atoms with Crippen LogP contribution in [0.4, 0.5) is 22.0 Å². The number of hydrogen-bond donors (Lipinski definition) is 2. The molecule has 1 amide bonds. The van der Waals surface area contributed by atoms with Crippen LogP contribution in [0.5, 0.6) is 11.5 Å². The van der Waals surface area contributed by atoms with E-state index in [1.54, 1.807) is 14.2 Å². The van der Waals surface area contributed by atoms with E-state index in [0.717, 1.165) is 50.2 Å². The number of likely N-dealkylation sites (N-methyl/N-ethyl adjacent to an activating group) is 1. The summed E-state index contributed by atoms with van der Waals surface area (Å²) in [6.45, 7) is 1.88. The molecule has 2 aromatic carbocycles. The standard InChI is InChI=1S/C24H28F2N2O3.C2HF3O2/c1-28-13-17-11-18(27-23(29)15-4-6-19(25)20(26)10-15)8-9-24(17,14-28)16-5-7-21(30-2)22(12-16)31-3;3-2(4,5)1(6)7/h4-7,10,12,17-18H,8-9,11,13-14H2,1-3H3,(H,27,29);(H,6,7)/t17-,18-,24+;/m1./s1. The highest BCUT2D eigenvalue weighted by molar-refractivity contribution is 5.94. The molecule has 1 aliphatic heterocycles. The zero-order valence-electron chi connectivity index (χ0n) is 21.1. The van der Waals surface area contributed by atoms with Gasteiger partial charge in [-0.2, -0.15) is 13.2 Å². The topological polar surface area (TPSA) is 88.1 Å². The van der Waals surface area contributed by atoms with Crippen LogP contribution in [-0.4, -0.2) is 68.5 Å². The average molecular weight is 545 g/mol. The summed E-state index contributed by atoms with van der Waals surface area (Å²) in [6.07, 6.45) is -2.53. The monoisotopic (exact) mass is 544 g/mol. The van der Waals surface area contributed by atoms with Gasteiger partial charge in [0.15, 0.2) is 23.1 Å². The minimum atomic E-state index is -5.08. The molecule has 2 N–H and O–H groups in total. The Kier molecular flexibility index (Phi) is 8.86. The zero-order chi connectivity index (χ0) is 28.3. The summed E-state index contributed by atoms with van der Waals surface area (Å²) in [6, 6.07) is 9.39. The lowest BCUT2D eigenvalue weighted by Gasteiger charge is -2.43. The summed E-state index contributed by atoms with van der Waals surface area (Å²) in [4.78, 5) is 23.8. The lowest BCUT2D eigenvalue weighted by Crippen LogP contribution is -2.47. The summed E-state index contributed by atoms with van der Waals surface area (Å²) in [7, 11) is 5.39. The summed E-state index contributed by atoms with van der Waals surface area (Å²) >= 11 is 0. The Morgan fingerprint density at radius 3 is 2.29 bits per heavy atom. The first-order valence-electron chi connectivity index (χ1n) is 11.8. The minimum Gasteiger partial charge on any atom is -0.493 e. The van der Waals surface area contributed by atoms with Crippen molar-refractivity contribution in [1.82, 2.24) is 10.2 Å². The number of fused-ring (bicyclic) bond motifs is 1. The van der Waals surface area contributed by atoms with Crippen LogP contribution in [0.25, 0.3) is 0 Å². The van der Waals surface area contributed by atoms with Crippen molar-refractivity contribution in [3.63, 3.8) is 0 Å². The van der Waals surface area contributed by atoms with Gasteiger partial charge in [0.25, 0.3) is 5.91 Å². The third kappa shape index (κ3) is 6.35. The molecule has 0 aromatic heterocycles. The second kappa shape index (κ2) is 11.5. The molecule has 0 bridgehead atoms. The molecule has 7 nitrogen and oxygen atoms in total. The van der Waals surface area contributed by atoms with Gasteiger partial charge in [-0.3, -0.25) is 4.79 Å². The van der Waals surface area contributed by atoms with E-state index in [2.05, 4.69) is 29.4 Å². The molecule has 2 fully saturated rings. The lowest BCUT2D eigenvalue weighted by molar-refractivity contribution is -0.192. The highest BCUT2D eigenvalue weighted by Gasteiger charge is 2.50. The van der Waals surface area contributed by atoms with Gasteiger partial charge in [0.05, 0.1) is 14.2 Å². The number of carboxylic acid groups (broad SMARTS) is 1. The quantitative estimate of drug-likeness (QED) is 0.543. The van der Waals surface area contributed by atoms with Crippen LogP contribution in [0, 0.1) is 17.6 Å². The molecule has 0 radical (unpaired) electrons. The predicted octanol–water partition coefficient (Wildman–Crippen LogP) is 4.40. The van der Waals surface area contributed by atoms with Gasteiger partial charge in [-0.15, -0.1) is 0 Å². The first-order chi connectivity index (χ1) is 17.8. The molecular formula is C26H29F5N2O5. The van der Waals surface area contributed by atoms with Crippen LogP contribution in [0.2, 0.25) is 0 Å². The number of ether oxygens (including phenoxy) is 2. The first-order valence-corrected chi connectivity index (χ1v) is 11.8. The number of carbonyl (C=O) groups excluding carboxylic acids is 1. The number of nitrogens with zero attached hydrogens (tertiary/aromatic N) is 1. The van der Waals surface area contributed by atoms with Gasteiger partial charge < -0.3 is 24.8 Å². The average Bonchev–Trinajstić information content (AvgIpc) is 3.21. The number of nitrogens with one attached hydrogen (secondary N) is 1. The van der Waals surface area contributed by atoms with Crippen LogP contribution < -0.4 is 14.8 Å². The van der Waals surface area contributed by atoms with Crippen LogP contribution in [0.15, 0.2) is 36.4 Å². The first kappa shape index (κ1) is 29.2. The molecule has 2 aromatic rings. The number of likely N-dealkylation sites (tertiary alicyclic amines) is 1. The highest BCUT2D eigenvalue weighted by Crippen LogP contribution is 2.49. The molecule has 1 saturated carbocycles. The van der Waals surface area contributed by atoms with Gasteiger partial charge in [0, 0.05) is 30.1 Å². The van der Waals surface area contributed by atoms with Crippen molar-refractivity contribution in [2.75, 3.05) is 34.4 Å². The molecule has 2 aliphatic rings. The molecule has 0 unspecified atom stereocenters. The maximum Gasteiger partial charge on any atom is 0.490 e. The maximum atomic E-state index is 13.5. The van der Waals surface area contributed by atoms with Crippen molar-refractivity contribution in [2.24, 2.45) is 5.92 Å². The normalized spacial score (nSPS) is 23.1. The van der Waals surface area contributed by atoms with Gasteiger partial charge in [-0.1, -0.05) is 6.07 Å². The van der Waals surface area contributed by atoms with Crippen molar-refractivity contribution < 1.29 is 46.1 Å². The number of methoxy groups -OCH3 is 2. The Hall–Kier alpha value is -3.41. The van der Waals surface area contributed by atoms with Crippen LogP contribution in [-0.2, 0) is 10.2 Å². The Bertz CT molecular complexity index is 1180. The Labute approximate surface area is 216 Å². The van der Waals surface area contributed by atoms with Crippen LogP contribution in [0.1, 0.15) is 35.2 Å². The van der Waals surface area contributed by atoms with Gasteiger partial charge in [0.2, 0.25) is 0 Å². The molecule has 208 valence electrons. The predicted molar refractivity (Wildman–Crippen MR) is 127 cm³/mol. The number of rotatable bonds is 5. The Morgan fingerprint density at radius 1 is 1.05 bits per heavy atom. The van der Waals surface area contributed by atoms with Gasteiger partial charge >= 0.3 is 12.1 Å². The van der Waals surface area contributed by atoms with E-state index in [1.807, 2.05) is 6.07 Å². The zero-order valence-corrected chi connectivity index (χ0v) is 21.1. The fourth-order valence-electron chi connectivity index (χ4n) is 5.36. The molecule has 1 heterocycles. The largest absolute Gasteiger partial charge is 0.493 e. The van der Waals surface area contributed by atoms with E-state index in [1.165, 1.54) is 11.6 Å². The fourth-order valence-corrected chi connectivity index (χ4v) is 5.36. The van der Waals surface area contributed by atoms with Crippen molar-refractivity contribution in [2.45, 2.75) is 36.9 Å². The second-order valence-corrected chi connectivity index (χ2v) is 9.50. The van der Waals surface area contributed by atoms with Crippen molar-refractivity contribution in [1.29, 1.82) is 0 Å². The molecular weight excluding hydrogens is 515 g/mol. The summed E-state index contributed by atoms with van der Waals surface area (Å²) in [5, 5.41) is 10.2. The maximum absolute atomic E-state index is 13.5. The highest BCUT2D eigenvalue weighted by atomic mass is 19.4. The van der Waals surface area contributed by atoms with E-state index in [4.69, 9.17) is 19.4 Å². The van der Waals surface area contributed by atoms with Crippen molar-refractivity contribution >= 4 is 11.9 Å². The molecule has 0 spiro atoms. The fraction of sp³-hybridized carbons (Fsp3) is 0.462. The third-order valence-corrected chi connectivity index (χ3v) is 7.09. The minimum absolute atomic E-state index is 0.00890. The SMILES string of the molecule is COc1ccc([C@@]23CC[C@@H](NC(=O)c4ccc(F)c(F)c4)C[C@@H]2CN(C)C3)cc1OC.O=C(O)C(F)(F)F. The van der Waals surface area contributed by atoms with E-state index < -0.39 is 23.8 Å². The Balaban J connectivity index is 0.000000505. The summed E-state index contributed by atoms with van der Waals surface area (Å²) in [5.74, 6) is -3.31. The number of amides is 1. The van der Waals surface area contributed by atoms with Gasteiger partial charge in [-0.05, 0) is 68.1 Å². The van der Waals surface area contributed by atoms with Crippen molar-refractivity contribution in [3.05, 3.63) is 59.2 Å². The molecule has 12 heteroatoms. The number of benzene rings is 2. The molecule has 1 saturated heterocycles. The number of halogens is 5. The van der Waals surface area contributed by atoms with Crippen LogP contribution >= 0.6 is 0 Å². The third-order valence-electron chi connectivity index (χ3n) is 7.09. The van der Waals surface area contributed by atoms with E-state index in [0.29, 0.717) is 11.7 Å². The summed E-state index contributed by atoms with van der Waals surface area (Å²) in [5.41, 5.74) is 1.35. The number of carbonyl (C=O) groups is 2. The molecule has 1 aliphatic carbocycles. The van der Waals surface area contributed by atoms with E-state index in [9.17, 15) is 26.7 Å². The van der Waals surface area contributed by atoms with Gasteiger partial charge in [0.1, 0.15) is 0 Å². The van der Waals surface area contributed by atoms with Crippen molar-refractivity contribution in [3.8, 4) is 11.5 Å². The second-order valence-electron chi connectivity index (χ2n) is 9.50. The number of hydrogen-bond acceptors (Lipinski definition) is 5. The van der Waals surface area contributed by atoms with E-state index >= 15 is 0 Å². The number of aliphatic carboxylic acids is 1. The number of carboxylic acids is 1. The molecule has 38 heavy (non-hydrogen) atoms. The number of alkyl halides is 3. The Morgan fingerprint density at radius 2 is 1.71 bits per heavy atom. The van der Waals surface area contributed by atoms with E-state index in [-0.39, 0.29) is 22.9 Å². The smallest absolute Gasteiger partial charge is 0.490 e. The van der Waals surface area contributed by atoms with Crippen LogP contribution in [0.3, 0.4) is 0 Å². The summed E-state index contributed by atoms with van der Waals surface area (Å²) < 4.78 is 69.4.